The lowest BCUT2D eigenvalue weighted by atomic mass is 9.95. The van der Waals surface area contributed by atoms with Crippen LogP contribution >= 0.6 is 0 Å². The van der Waals surface area contributed by atoms with Gasteiger partial charge in [-0.05, 0) is 18.4 Å². The molecule has 27 heavy (non-hydrogen) atoms. The van der Waals surface area contributed by atoms with Gasteiger partial charge in [-0.2, -0.15) is 0 Å². The Morgan fingerprint density at radius 3 is 2.22 bits per heavy atom. The summed E-state index contributed by atoms with van der Waals surface area (Å²) in [5.41, 5.74) is 1.01. The largest absolute Gasteiger partial charge is 0.342 e. The molecule has 2 fully saturated rings. The van der Waals surface area contributed by atoms with Crippen LogP contribution in [0.25, 0.3) is 0 Å². The Kier molecular flexibility index (Phi) is 6.48. The van der Waals surface area contributed by atoms with E-state index >= 15 is 0 Å². The highest BCUT2D eigenvalue weighted by Gasteiger charge is 2.33. The second kappa shape index (κ2) is 9.02. The van der Waals surface area contributed by atoms with Gasteiger partial charge in [0.25, 0.3) is 0 Å². The van der Waals surface area contributed by atoms with Crippen LogP contribution in [0.4, 0.5) is 0 Å². The summed E-state index contributed by atoms with van der Waals surface area (Å²) in [6.45, 7) is 5.53. The summed E-state index contributed by atoms with van der Waals surface area (Å²) < 4.78 is 0. The lowest BCUT2D eigenvalue weighted by Gasteiger charge is -2.39. The van der Waals surface area contributed by atoms with Crippen LogP contribution < -0.4 is 0 Å². The second-order valence-corrected chi connectivity index (χ2v) is 7.40. The van der Waals surface area contributed by atoms with E-state index < -0.39 is 0 Å². The minimum absolute atomic E-state index is 0.0945. The van der Waals surface area contributed by atoms with Crippen molar-refractivity contribution in [3.8, 4) is 0 Å². The highest BCUT2D eigenvalue weighted by Crippen LogP contribution is 2.21. The first-order valence-corrected chi connectivity index (χ1v) is 9.96. The molecule has 0 N–H and O–H groups in total. The molecule has 0 spiro atoms. The predicted octanol–water partition coefficient (Wildman–Crippen LogP) is 1.55. The fourth-order valence-electron chi connectivity index (χ4n) is 3.95. The average molecular weight is 371 g/mol. The van der Waals surface area contributed by atoms with Gasteiger partial charge in [-0.3, -0.25) is 14.4 Å². The Bertz CT molecular complexity index is 669. The van der Waals surface area contributed by atoms with E-state index in [1.165, 1.54) is 0 Å². The third-order valence-corrected chi connectivity index (χ3v) is 5.57. The predicted molar refractivity (Wildman–Crippen MR) is 103 cm³/mol. The zero-order chi connectivity index (χ0) is 19.2. The highest BCUT2D eigenvalue weighted by atomic mass is 16.2. The Labute approximate surface area is 161 Å². The van der Waals surface area contributed by atoms with E-state index in [1.807, 2.05) is 52.0 Å². The molecule has 1 aromatic rings. The molecule has 2 saturated heterocycles. The molecule has 1 aromatic carbocycles. The van der Waals surface area contributed by atoms with Gasteiger partial charge in [0, 0.05) is 45.7 Å². The first-order chi connectivity index (χ1) is 13.1. The molecule has 1 unspecified atom stereocenters. The van der Waals surface area contributed by atoms with E-state index in [0.717, 1.165) is 24.9 Å². The van der Waals surface area contributed by atoms with Gasteiger partial charge in [-0.15, -0.1) is 0 Å². The summed E-state index contributed by atoms with van der Waals surface area (Å²) in [5.74, 6) is 0.261. The molecule has 3 rings (SSSR count). The monoisotopic (exact) mass is 371 g/mol. The standard InChI is InChI=1S/C21H29N3O3/c1-2-19(25)22-11-13-23(14-12-22)21(27)18-9-6-10-24(16-18)20(26)15-17-7-4-3-5-8-17/h3-5,7-8,18H,2,6,9-16H2,1H3. The number of hydrogen-bond donors (Lipinski definition) is 0. The zero-order valence-corrected chi connectivity index (χ0v) is 16.1. The number of carbonyl (C=O) groups excluding carboxylic acids is 3. The summed E-state index contributed by atoms with van der Waals surface area (Å²) in [6.07, 6.45) is 2.60. The molecular weight excluding hydrogens is 342 g/mol. The Morgan fingerprint density at radius 1 is 0.889 bits per heavy atom. The van der Waals surface area contributed by atoms with Gasteiger partial charge in [0.15, 0.2) is 0 Å². The van der Waals surface area contributed by atoms with Crippen molar-refractivity contribution in [2.75, 3.05) is 39.3 Å². The number of amides is 3. The van der Waals surface area contributed by atoms with Gasteiger partial charge < -0.3 is 14.7 Å². The fraction of sp³-hybridized carbons (Fsp3) is 0.571. The highest BCUT2D eigenvalue weighted by molar-refractivity contribution is 5.83. The second-order valence-electron chi connectivity index (χ2n) is 7.40. The van der Waals surface area contributed by atoms with Crippen LogP contribution in [0.15, 0.2) is 30.3 Å². The number of piperazine rings is 1. The van der Waals surface area contributed by atoms with E-state index in [2.05, 4.69) is 0 Å². The van der Waals surface area contributed by atoms with Crippen molar-refractivity contribution in [2.45, 2.75) is 32.6 Å². The van der Waals surface area contributed by atoms with Crippen molar-refractivity contribution < 1.29 is 14.4 Å². The molecule has 2 aliphatic heterocycles. The number of hydrogen-bond acceptors (Lipinski definition) is 3. The van der Waals surface area contributed by atoms with E-state index in [1.54, 1.807) is 0 Å². The van der Waals surface area contributed by atoms with Crippen LogP contribution in [-0.4, -0.2) is 71.7 Å². The summed E-state index contributed by atoms with van der Waals surface area (Å²) >= 11 is 0. The smallest absolute Gasteiger partial charge is 0.227 e. The van der Waals surface area contributed by atoms with Crippen LogP contribution in [-0.2, 0) is 20.8 Å². The molecule has 146 valence electrons. The minimum atomic E-state index is -0.119. The van der Waals surface area contributed by atoms with Gasteiger partial charge in [0.2, 0.25) is 17.7 Å². The van der Waals surface area contributed by atoms with Crippen molar-refractivity contribution in [1.82, 2.24) is 14.7 Å². The van der Waals surface area contributed by atoms with E-state index in [9.17, 15) is 14.4 Å². The van der Waals surface area contributed by atoms with Gasteiger partial charge in [-0.25, -0.2) is 0 Å². The molecule has 0 saturated carbocycles. The van der Waals surface area contributed by atoms with E-state index in [0.29, 0.717) is 45.6 Å². The minimum Gasteiger partial charge on any atom is -0.342 e. The first kappa shape index (κ1) is 19.4. The number of nitrogens with zero attached hydrogens (tertiary/aromatic N) is 3. The van der Waals surface area contributed by atoms with Gasteiger partial charge in [-0.1, -0.05) is 37.3 Å². The van der Waals surface area contributed by atoms with Gasteiger partial charge >= 0.3 is 0 Å². The third kappa shape index (κ3) is 4.87. The normalized spacial score (nSPS) is 20.5. The maximum absolute atomic E-state index is 12.9. The molecule has 0 aliphatic carbocycles. The van der Waals surface area contributed by atoms with Crippen LogP contribution in [0.2, 0.25) is 0 Å². The Balaban J connectivity index is 1.52. The van der Waals surface area contributed by atoms with Crippen LogP contribution in [0.5, 0.6) is 0 Å². The van der Waals surface area contributed by atoms with Gasteiger partial charge in [0.1, 0.15) is 0 Å². The fourth-order valence-corrected chi connectivity index (χ4v) is 3.95. The van der Waals surface area contributed by atoms with Crippen molar-refractivity contribution in [3.63, 3.8) is 0 Å². The maximum atomic E-state index is 12.9. The molecule has 0 radical (unpaired) electrons. The summed E-state index contributed by atoms with van der Waals surface area (Å²) in [6, 6.07) is 9.74. The third-order valence-electron chi connectivity index (χ3n) is 5.57. The number of rotatable bonds is 4. The van der Waals surface area contributed by atoms with Crippen LogP contribution in [0.1, 0.15) is 31.7 Å². The summed E-state index contributed by atoms with van der Waals surface area (Å²) in [7, 11) is 0. The Morgan fingerprint density at radius 2 is 1.56 bits per heavy atom. The lowest BCUT2D eigenvalue weighted by Crippen LogP contribution is -2.54. The number of piperidine rings is 1. The van der Waals surface area contributed by atoms with Crippen molar-refractivity contribution in [3.05, 3.63) is 35.9 Å². The zero-order valence-electron chi connectivity index (χ0n) is 16.1. The Hall–Kier alpha value is -2.37. The molecule has 6 nitrogen and oxygen atoms in total. The molecule has 2 heterocycles. The number of likely N-dealkylation sites (tertiary alicyclic amines) is 1. The molecule has 3 amide bonds. The molecular formula is C21H29N3O3. The average Bonchev–Trinajstić information content (AvgIpc) is 2.73. The van der Waals surface area contributed by atoms with E-state index in [4.69, 9.17) is 0 Å². The molecule has 0 aromatic heterocycles. The van der Waals surface area contributed by atoms with Crippen molar-refractivity contribution >= 4 is 17.7 Å². The van der Waals surface area contributed by atoms with Crippen LogP contribution in [0, 0.1) is 5.92 Å². The van der Waals surface area contributed by atoms with Gasteiger partial charge in [0.05, 0.1) is 12.3 Å². The summed E-state index contributed by atoms with van der Waals surface area (Å²) in [4.78, 5) is 42.9. The number of carbonyl (C=O) groups is 3. The maximum Gasteiger partial charge on any atom is 0.227 e. The topological polar surface area (TPSA) is 60.9 Å². The first-order valence-electron chi connectivity index (χ1n) is 9.96. The molecule has 2 aliphatic rings. The molecule has 6 heteroatoms. The number of benzene rings is 1. The molecule has 0 bridgehead atoms. The lowest BCUT2D eigenvalue weighted by molar-refractivity contribution is -0.145. The quantitative estimate of drug-likeness (QED) is 0.807. The molecule has 1 atom stereocenters. The van der Waals surface area contributed by atoms with Crippen molar-refractivity contribution in [2.24, 2.45) is 5.92 Å². The van der Waals surface area contributed by atoms with Crippen LogP contribution in [0.3, 0.4) is 0 Å². The van der Waals surface area contributed by atoms with E-state index in [-0.39, 0.29) is 23.6 Å². The summed E-state index contributed by atoms with van der Waals surface area (Å²) in [5, 5.41) is 0. The SMILES string of the molecule is CCC(=O)N1CCN(C(=O)C2CCCN(C(=O)Cc3ccccc3)C2)CC1. The van der Waals surface area contributed by atoms with Crippen molar-refractivity contribution in [1.29, 1.82) is 0 Å².